The zero-order chi connectivity index (χ0) is 19.0. The summed E-state index contributed by atoms with van der Waals surface area (Å²) >= 11 is 0. The first kappa shape index (κ1) is 22.5. The van der Waals surface area contributed by atoms with Crippen LogP contribution in [0, 0.1) is 0 Å². The first-order valence-corrected chi connectivity index (χ1v) is 10.3. The van der Waals surface area contributed by atoms with Crippen LogP contribution in [0.4, 0.5) is 9.59 Å². The maximum absolute atomic E-state index is 11.8. The Labute approximate surface area is 158 Å². The molecule has 7 heteroatoms. The second kappa shape index (κ2) is 14.6. The second-order valence-corrected chi connectivity index (χ2v) is 6.86. The van der Waals surface area contributed by atoms with Gasteiger partial charge in [-0.3, -0.25) is 0 Å². The van der Waals surface area contributed by atoms with Crippen molar-refractivity contribution in [2.75, 3.05) is 26.2 Å². The van der Waals surface area contributed by atoms with Crippen molar-refractivity contribution in [2.24, 2.45) is 0 Å². The van der Waals surface area contributed by atoms with Gasteiger partial charge in [0.25, 0.3) is 0 Å². The fourth-order valence-electron chi connectivity index (χ4n) is 2.91. The van der Waals surface area contributed by atoms with Gasteiger partial charge in [0, 0.05) is 26.2 Å². The minimum absolute atomic E-state index is 0.120. The lowest BCUT2D eigenvalue weighted by molar-refractivity contribution is -0.110. The van der Waals surface area contributed by atoms with E-state index < -0.39 is 6.09 Å². The lowest BCUT2D eigenvalue weighted by Gasteiger charge is -2.24. The predicted octanol–water partition coefficient (Wildman–Crippen LogP) is 3.98. The smallest absolute Gasteiger partial charge is 0.426 e. The van der Waals surface area contributed by atoms with Gasteiger partial charge >= 0.3 is 12.2 Å². The minimum Gasteiger partial charge on any atom is -0.446 e. The topological polar surface area (TPSA) is 79.9 Å². The van der Waals surface area contributed by atoms with Crippen LogP contribution in [0.2, 0.25) is 0 Å². The Morgan fingerprint density at radius 3 is 2.31 bits per heavy atom. The lowest BCUT2D eigenvalue weighted by Crippen LogP contribution is -2.37. The van der Waals surface area contributed by atoms with E-state index in [1.165, 1.54) is 19.3 Å². The molecule has 1 aliphatic rings. The van der Waals surface area contributed by atoms with Gasteiger partial charge in [-0.05, 0) is 38.5 Å². The van der Waals surface area contributed by atoms with Gasteiger partial charge < -0.3 is 20.2 Å². The summed E-state index contributed by atoms with van der Waals surface area (Å²) in [7, 11) is 0. The van der Waals surface area contributed by atoms with E-state index in [4.69, 9.17) is 9.57 Å². The molecule has 0 aliphatic carbocycles. The molecule has 1 aliphatic heterocycles. The standard InChI is InChI=1S/C19H37N3O4/c1-3-5-6-8-13-20-18(23)25-17(4-2)12-11-14-21-19(24)26-22-15-9-7-10-16-22/h17H,3-16H2,1-2H3,(H,20,23)(H,21,24). The maximum atomic E-state index is 11.8. The third kappa shape index (κ3) is 11.2. The summed E-state index contributed by atoms with van der Waals surface area (Å²) in [6.45, 7) is 6.97. The number of hydroxylamine groups is 2. The molecule has 1 rings (SSSR count). The highest BCUT2D eigenvalue weighted by Crippen LogP contribution is 2.09. The molecule has 2 N–H and O–H groups in total. The number of nitrogens with zero attached hydrogens (tertiary/aromatic N) is 1. The van der Waals surface area contributed by atoms with Crippen molar-refractivity contribution in [3.8, 4) is 0 Å². The average molecular weight is 372 g/mol. The number of nitrogens with one attached hydrogen (secondary N) is 2. The number of alkyl carbamates (subject to hydrolysis) is 1. The summed E-state index contributed by atoms with van der Waals surface area (Å²) in [6.07, 6.45) is 9.23. The number of rotatable bonds is 12. The van der Waals surface area contributed by atoms with Gasteiger partial charge in [0.1, 0.15) is 6.10 Å². The average Bonchev–Trinajstić information content (AvgIpc) is 2.64. The zero-order valence-electron chi connectivity index (χ0n) is 16.6. The van der Waals surface area contributed by atoms with Crippen LogP contribution in [-0.2, 0) is 9.57 Å². The van der Waals surface area contributed by atoms with Gasteiger partial charge in [-0.1, -0.05) is 39.5 Å². The highest BCUT2D eigenvalue weighted by atomic mass is 16.7. The molecule has 0 aromatic heterocycles. The highest BCUT2D eigenvalue weighted by Gasteiger charge is 2.15. The van der Waals surface area contributed by atoms with E-state index >= 15 is 0 Å². The third-order valence-corrected chi connectivity index (χ3v) is 4.53. The molecule has 26 heavy (non-hydrogen) atoms. The molecule has 0 spiro atoms. The fraction of sp³-hybridized carbons (Fsp3) is 0.895. The van der Waals surface area contributed by atoms with E-state index in [0.29, 0.717) is 13.1 Å². The summed E-state index contributed by atoms with van der Waals surface area (Å²) in [4.78, 5) is 28.8. The van der Waals surface area contributed by atoms with Crippen LogP contribution in [-0.4, -0.2) is 49.5 Å². The third-order valence-electron chi connectivity index (χ3n) is 4.53. The van der Waals surface area contributed by atoms with Gasteiger partial charge in [0.05, 0.1) is 0 Å². The van der Waals surface area contributed by atoms with Gasteiger partial charge in [0.2, 0.25) is 0 Å². The molecule has 1 unspecified atom stereocenters. The molecule has 1 saturated heterocycles. The van der Waals surface area contributed by atoms with Crippen molar-refractivity contribution in [3.63, 3.8) is 0 Å². The van der Waals surface area contributed by atoms with Crippen LogP contribution >= 0.6 is 0 Å². The van der Waals surface area contributed by atoms with Gasteiger partial charge in [0.15, 0.2) is 0 Å². The molecule has 0 bridgehead atoms. The van der Waals surface area contributed by atoms with E-state index in [1.807, 2.05) is 6.92 Å². The molecule has 0 radical (unpaired) electrons. The number of carbonyl (C=O) groups is 2. The molecule has 152 valence electrons. The molecule has 0 aromatic rings. The monoisotopic (exact) mass is 371 g/mol. The predicted molar refractivity (Wildman–Crippen MR) is 102 cm³/mol. The van der Waals surface area contributed by atoms with Crippen molar-refractivity contribution in [2.45, 2.75) is 84.2 Å². The number of ether oxygens (including phenoxy) is 1. The van der Waals surface area contributed by atoms with Gasteiger partial charge in [-0.2, -0.15) is 0 Å². The SMILES string of the molecule is CCCCCCNC(=O)OC(CC)CCCNC(=O)ON1CCCCC1. The summed E-state index contributed by atoms with van der Waals surface area (Å²) in [5.41, 5.74) is 0. The molecule has 0 saturated carbocycles. The number of amides is 2. The first-order valence-electron chi connectivity index (χ1n) is 10.3. The van der Waals surface area contributed by atoms with Crippen molar-refractivity contribution >= 4 is 12.2 Å². The maximum Gasteiger partial charge on any atom is 0.426 e. The first-order chi connectivity index (χ1) is 12.7. The van der Waals surface area contributed by atoms with E-state index in [2.05, 4.69) is 17.6 Å². The molecule has 1 heterocycles. The highest BCUT2D eigenvalue weighted by molar-refractivity contribution is 5.67. The summed E-state index contributed by atoms with van der Waals surface area (Å²) < 4.78 is 5.43. The molecular weight excluding hydrogens is 334 g/mol. The summed E-state index contributed by atoms with van der Waals surface area (Å²) in [6, 6.07) is 0. The van der Waals surface area contributed by atoms with E-state index in [9.17, 15) is 9.59 Å². The number of carbonyl (C=O) groups excluding carboxylic acids is 2. The Morgan fingerprint density at radius 2 is 1.62 bits per heavy atom. The van der Waals surface area contributed by atoms with Gasteiger partial charge in [-0.25, -0.2) is 9.59 Å². The van der Waals surface area contributed by atoms with Crippen molar-refractivity contribution in [1.29, 1.82) is 0 Å². The Hall–Kier alpha value is -1.50. The fourth-order valence-corrected chi connectivity index (χ4v) is 2.91. The molecule has 1 atom stereocenters. The van der Waals surface area contributed by atoms with Crippen LogP contribution in [0.25, 0.3) is 0 Å². The molecule has 2 amide bonds. The normalized spacial score (nSPS) is 15.9. The molecule has 0 aromatic carbocycles. The van der Waals surface area contributed by atoms with E-state index in [1.54, 1.807) is 5.06 Å². The molecule has 7 nitrogen and oxygen atoms in total. The number of unbranched alkanes of at least 4 members (excludes halogenated alkanes) is 3. The van der Waals surface area contributed by atoms with Crippen LogP contribution in [0.15, 0.2) is 0 Å². The lowest BCUT2D eigenvalue weighted by atomic mass is 10.1. The van der Waals surface area contributed by atoms with Crippen LogP contribution in [0.1, 0.15) is 78.1 Å². The summed E-state index contributed by atoms with van der Waals surface area (Å²) in [5, 5.41) is 7.29. The molecule has 1 fully saturated rings. The van der Waals surface area contributed by atoms with Crippen LogP contribution in [0.5, 0.6) is 0 Å². The number of hydrogen-bond acceptors (Lipinski definition) is 5. The Kier molecular flexibility index (Phi) is 12.7. The Morgan fingerprint density at radius 1 is 0.923 bits per heavy atom. The Balaban J connectivity index is 2.05. The van der Waals surface area contributed by atoms with Crippen LogP contribution in [0.3, 0.4) is 0 Å². The zero-order valence-corrected chi connectivity index (χ0v) is 16.6. The summed E-state index contributed by atoms with van der Waals surface area (Å²) in [5.74, 6) is 0. The minimum atomic E-state index is -0.398. The van der Waals surface area contributed by atoms with Gasteiger partial charge in [-0.15, -0.1) is 5.06 Å². The number of hydrogen-bond donors (Lipinski definition) is 2. The van der Waals surface area contributed by atoms with Crippen LogP contribution < -0.4 is 10.6 Å². The van der Waals surface area contributed by atoms with E-state index in [0.717, 1.165) is 58.0 Å². The largest absolute Gasteiger partial charge is 0.446 e. The van der Waals surface area contributed by atoms with Crippen molar-refractivity contribution in [1.82, 2.24) is 15.7 Å². The van der Waals surface area contributed by atoms with Crippen molar-refractivity contribution < 1.29 is 19.2 Å². The van der Waals surface area contributed by atoms with E-state index in [-0.39, 0.29) is 12.2 Å². The molecular formula is C19H37N3O4. The Bertz CT molecular complexity index is 387. The van der Waals surface area contributed by atoms with Crippen molar-refractivity contribution in [3.05, 3.63) is 0 Å². The number of piperidine rings is 1. The second-order valence-electron chi connectivity index (χ2n) is 6.86. The quantitative estimate of drug-likeness (QED) is 0.507.